The molecule has 0 bridgehead atoms. The second-order valence-electron chi connectivity index (χ2n) is 3.14. The average molecular weight is 292 g/mol. The third-order valence-electron chi connectivity index (χ3n) is 2.09. The van der Waals surface area contributed by atoms with Crippen LogP contribution in [0, 0.1) is 0 Å². The summed E-state index contributed by atoms with van der Waals surface area (Å²) in [5.74, 6) is 1.01. The highest BCUT2D eigenvalue weighted by molar-refractivity contribution is 9.10. The lowest BCUT2D eigenvalue weighted by atomic mass is 10.0. The molecule has 4 heteroatoms. The zero-order valence-corrected chi connectivity index (χ0v) is 10.9. The number of carbonyl (C=O) groups is 1. The van der Waals surface area contributed by atoms with Crippen LogP contribution < -0.4 is 4.74 Å². The molecule has 0 aliphatic carbocycles. The van der Waals surface area contributed by atoms with Crippen LogP contribution in [-0.4, -0.2) is 17.7 Å². The van der Waals surface area contributed by atoms with E-state index in [9.17, 15) is 4.79 Å². The number of halogens is 2. The fraction of sp³-hybridized carbons (Fsp3) is 0.364. The maximum absolute atomic E-state index is 11.8. The quantitative estimate of drug-likeness (QED) is 0.628. The second-order valence-corrected chi connectivity index (χ2v) is 4.78. The summed E-state index contributed by atoms with van der Waals surface area (Å²) in [5.41, 5.74) is 1.45. The van der Waals surface area contributed by atoms with Gasteiger partial charge in [0.05, 0.1) is 11.9 Å². The van der Waals surface area contributed by atoms with Gasteiger partial charge >= 0.3 is 0 Å². The topological polar surface area (TPSA) is 26.3 Å². The first-order valence-electron chi connectivity index (χ1n) is 4.51. The Balaban J connectivity index is 3.17. The molecule has 1 atom stereocenters. The Morgan fingerprint density at radius 3 is 2.73 bits per heavy atom. The van der Waals surface area contributed by atoms with E-state index in [1.54, 1.807) is 26.2 Å². The predicted molar refractivity (Wildman–Crippen MR) is 65.3 cm³/mol. The van der Waals surface area contributed by atoms with Gasteiger partial charge in [-0.1, -0.05) is 22.0 Å². The standard InChI is InChI=1S/C11H12BrClO2/c1-7(12)11(14)10-5-9(15-2)4-3-8(10)6-13/h3-5,7H,6H2,1-2H3. The number of hydrogen-bond acceptors (Lipinski definition) is 2. The molecular weight excluding hydrogens is 279 g/mol. The zero-order chi connectivity index (χ0) is 11.4. The van der Waals surface area contributed by atoms with Gasteiger partial charge in [0.25, 0.3) is 0 Å². The number of carbonyl (C=O) groups excluding carboxylic acids is 1. The van der Waals surface area contributed by atoms with E-state index >= 15 is 0 Å². The van der Waals surface area contributed by atoms with Crippen molar-refractivity contribution in [3.63, 3.8) is 0 Å². The van der Waals surface area contributed by atoms with E-state index in [1.165, 1.54) is 0 Å². The van der Waals surface area contributed by atoms with E-state index in [1.807, 2.05) is 6.07 Å². The lowest BCUT2D eigenvalue weighted by Gasteiger charge is -2.09. The number of Topliss-reactive ketones (excluding diaryl/α,β-unsaturated/α-hetero) is 1. The van der Waals surface area contributed by atoms with Gasteiger partial charge in [0, 0.05) is 11.4 Å². The van der Waals surface area contributed by atoms with Gasteiger partial charge in [-0.2, -0.15) is 0 Å². The van der Waals surface area contributed by atoms with E-state index in [0.717, 1.165) is 5.56 Å². The number of hydrogen-bond donors (Lipinski definition) is 0. The molecule has 0 fully saturated rings. The number of ketones is 1. The summed E-state index contributed by atoms with van der Waals surface area (Å²) in [4.78, 5) is 11.6. The summed E-state index contributed by atoms with van der Waals surface area (Å²) in [5, 5.41) is 0. The molecule has 0 heterocycles. The molecule has 2 nitrogen and oxygen atoms in total. The minimum atomic E-state index is -0.216. The van der Waals surface area contributed by atoms with Gasteiger partial charge in [-0.3, -0.25) is 4.79 Å². The van der Waals surface area contributed by atoms with Crippen LogP contribution in [0.3, 0.4) is 0 Å². The molecule has 1 rings (SSSR count). The number of benzene rings is 1. The molecule has 0 N–H and O–H groups in total. The van der Waals surface area contributed by atoms with Crippen LogP contribution >= 0.6 is 27.5 Å². The molecular formula is C11H12BrClO2. The summed E-state index contributed by atoms with van der Waals surface area (Å²) in [6.07, 6.45) is 0. The Kier molecular flexibility index (Phi) is 4.61. The van der Waals surface area contributed by atoms with Gasteiger partial charge in [-0.15, -0.1) is 11.6 Å². The van der Waals surface area contributed by atoms with E-state index in [-0.39, 0.29) is 10.6 Å². The Morgan fingerprint density at radius 1 is 1.60 bits per heavy atom. The second kappa shape index (κ2) is 5.52. The Bertz CT molecular complexity index is 364. The zero-order valence-electron chi connectivity index (χ0n) is 8.59. The van der Waals surface area contributed by atoms with E-state index < -0.39 is 0 Å². The highest BCUT2D eigenvalue weighted by Crippen LogP contribution is 2.22. The van der Waals surface area contributed by atoms with Gasteiger partial charge < -0.3 is 4.74 Å². The van der Waals surface area contributed by atoms with E-state index in [0.29, 0.717) is 17.2 Å². The summed E-state index contributed by atoms with van der Waals surface area (Å²) < 4.78 is 5.07. The monoisotopic (exact) mass is 290 g/mol. The number of rotatable bonds is 4. The summed E-state index contributed by atoms with van der Waals surface area (Å²) in [6.45, 7) is 1.79. The molecule has 0 saturated carbocycles. The lowest BCUT2D eigenvalue weighted by molar-refractivity contribution is 0.0995. The molecule has 1 aromatic carbocycles. The lowest BCUT2D eigenvalue weighted by Crippen LogP contribution is -2.12. The number of methoxy groups -OCH3 is 1. The molecule has 0 amide bonds. The molecule has 0 saturated heterocycles. The van der Waals surface area contributed by atoms with Gasteiger partial charge in [0.15, 0.2) is 5.78 Å². The molecule has 0 aromatic heterocycles. The SMILES string of the molecule is COc1ccc(CCl)c(C(=O)C(C)Br)c1. The van der Waals surface area contributed by atoms with E-state index in [2.05, 4.69) is 15.9 Å². The van der Waals surface area contributed by atoms with Gasteiger partial charge in [0.2, 0.25) is 0 Å². The first-order valence-corrected chi connectivity index (χ1v) is 5.96. The third kappa shape index (κ3) is 2.95. The van der Waals surface area contributed by atoms with E-state index in [4.69, 9.17) is 16.3 Å². The Morgan fingerprint density at radius 2 is 2.27 bits per heavy atom. The first-order chi connectivity index (χ1) is 7.10. The fourth-order valence-electron chi connectivity index (χ4n) is 1.24. The maximum atomic E-state index is 11.8. The van der Waals surface area contributed by atoms with Crippen LogP contribution in [0.15, 0.2) is 18.2 Å². The summed E-state index contributed by atoms with van der Waals surface area (Å²) in [7, 11) is 1.57. The van der Waals surface area contributed by atoms with Crippen LogP contribution in [0.2, 0.25) is 0 Å². The van der Waals surface area contributed by atoms with Crippen LogP contribution in [0.1, 0.15) is 22.8 Å². The van der Waals surface area contributed by atoms with Gasteiger partial charge in [-0.25, -0.2) is 0 Å². The third-order valence-corrected chi connectivity index (χ3v) is 2.79. The summed E-state index contributed by atoms with van der Waals surface area (Å²) in [6, 6.07) is 5.33. The molecule has 15 heavy (non-hydrogen) atoms. The minimum Gasteiger partial charge on any atom is -0.497 e. The Labute approximate surface area is 103 Å². The van der Waals surface area contributed by atoms with Crippen molar-refractivity contribution in [1.82, 2.24) is 0 Å². The molecule has 0 spiro atoms. The predicted octanol–water partition coefficient (Wildman–Crippen LogP) is 3.40. The number of alkyl halides is 2. The molecule has 0 aliphatic heterocycles. The highest BCUT2D eigenvalue weighted by atomic mass is 79.9. The first kappa shape index (κ1) is 12.5. The minimum absolute atomic E-state index is 0.0181. The average Bonchev–Trinajstić information content (AvgIpc) is 2.27. The van der Waals surface area contributed by atoms with Crippen molar-refractivity contribution in [2.24, 2.45) is 0 Å². The van der Waals surface area contributed by atoms with Crippen LogP contribution in [0.5, 0.6) is 5.75 Å². The highest BCUT2D eigenvalue weighted by Gasteiger charge is 2.16. The number of ether oxygens (including phenoxy) is 1. The van der Waals surface area contributed by atoms with Crippen molar-refractivity contribution in [3.05, 3.63) is 29.3 Å². The normalized spacial score (nSPS) is 12.3. The fourth-order valence-corrected chi connectivity index (χ4v) is 1.72. The maximum Gasteiger partial charge on any atom is 0.176 e. The van der Waals surface area contributed by atoms with Crippen molar-refractivity contribution >= 4 is 33.3 Å². The van der Waals surface area contributed by atoms with Crippen molar-refractivity contribution in [1.29, 1.82) is 0 Å². The molecule has 0 aliphatic rings. The largest absolute Gasteiger partial charge is 0.497 e. The van der Waals surface area contributed by atoms with Gasteiger partial charge in [0.1, 0.15) is 5.75 Å². The van der Waals surface area contributed by atoms with Gasteiger partial charge in [-0.05, 0) is 24.6 Å². The Hall–Kier alpha value is -0.540. The molecule has 82 valence electrons. The smallest absolute Gasteiger partial charge is 0.176 e. The molecule has 1 aromatic rings. The van der Waals surface area contributed by atoms with Crippen LogP contribution in [0.4, 0.5) is 0 Å². The molecule has 1 unspecified atom stereocenters. The van der Waals surface area contributed by atoms with Crippen molar-refractivity contribution in [2.75, 3.05) is 7.11 Å². The van der Waals surface area contributed by atoms with Crippen molar-refractivity contribution in [2.45, 2.75) is 17.6 Å². The van der Waals surface area contributed by atoms with Crippen LogP contribution in [-0.2, 0) is 5.88 Å². The molecule has 0 radical (unpaired) electrons. The van der Waals surface area contributed by atoms with Crippen molar-refractivity contribution in [3.8, 4) is 5.75 Å². The van der Waals surface area contributed by atoms with Crippen molar-refractivity contribution < 1.29 is 9.53 Å². The van der Waals surface area contributed by atoms with Crippen LogP contribution in [0.25, 0.3) is 0 Å². The summed E-state index contributed by atoms with van der Waals surface area (Å²) >= 11 is 9.02.